The molecule has 4 heterocycles. The van der Waals surface area contributed by atoms with E-state index in [1.54, 1.807) is 47.6 Å². The van der Waals surface area contributed by atoms with Gasteiger partial charge in [0.2, 0.25) is 11.8 Å². The number of halogens is 1. The van der Waals surface area contributed by atoms with Gasteiger partial charge in [0.05, 0.1) is 12.6 Å². The number of amides is 3. The molecule has 0 spiro atoms. The summed E-state index contributed by atoms with van der Waals surface area (Å²) < 4.78 is 7.10. The molecule has 0 radical (unpaired) electrons. The van der Waals surface area contributed by atoms with E-state index in [1.807, 2.05) is 6.07 Å². The third-order valence-electron chi connectivity index (χ3n) is 7.52. The van der Waals surface area contributed by atoms with E-state index in [-0.39, 0.29) is 42.0 Å². The average Bonchev–Trinajstić information content (AvgIpc) is 3.66. The van der Waals surface area contributed by atoms with Gasteiger partial charge in [-0.25, -0.2) is 15.0 Å². The molecule has 40 heavy (non-hydrogen) atoms. The molecule has 12 nitrogen and oxygen atoms in total. The van der Waals surface area contributed by atoms with Crippen LogP contribution in [-0.2, 0) is 16.1 Å². The highest BCUT2D eigenvalue weighted by Crippen LogP contribution is 2.43. The number of anilines is 1. The van der Waals surface area contributed by atoms with Crippen molar-refractivity contribution in [1.82, 2.24) is 29.6 Å². The van der Waals surface area contributed by atoms with Crippen LogP contribution in [0.15, 0.2) is 53.4 Å². The Morgan fingerprint density at radius 2 is 1.93 bits per heavy atom. The van der Waals surface area contributed by atoms with Crippen LogP contribution in [0.1, 0.15) is 29.8 Å². The molecule has 1 saturated heterocycles. The Morgan fingerprint density at radius 3 is 2.65 bits per heavy atom. The molecule has 2 fully saturated rings. The van der Waals surface area contributed by atoms with Crippen LogP contribution in [0.25, 0.3) is 22.0 Å². The number of nitrogens with one attached hydrogen (secondary N) is 1. The van der Waals surface area contributed by atoms with Gasteiger partial charge in [-0.15, -0.1) is 0 Å². The fraction of sp³-hybridized carbons (Fsp3) is 0.296. The number of carbonyl (C=O) groups excluding carboxylic acids is 3. The van der Waals surface area contributed by atoms with Crippen LogP contribution in [0, 0.1) is 5.92 Å². The third kappa shape index (κ3) is 4.66. The molecule has 1 aliphatic heterocycles. The summed E-state index contributed by atoms with van der Waals surface area (Å²) in [6, 6.07) is 10.2. The van der Waals surface area contributed by atoms with E-state index in [4.69, 9.17) is 10.5 Å². The molecule has 2 aliphatic rings. The molecular weight excluding hydrogens is 580 g/mol. The number of rotatable bonds is 7. The van der Waals surface area contributed by atoms with Crippen LogP contribution in [-0.4, -0.2) is 66.5 Å². The number of hydrogen-bond acceptors (Lipinski definition) is 8. The summed E-state index contributed by atoms with van der Waals surface area (Å²) in [7, 11) is 1.48. The van der Waals surface area contributed by atoms with E-state index >= 15 is 0 Å². The number of hydrogen-bond donors (Lipinski definition) is 2. The molecule has 3 atom stereocenters. The summed E-state index contributed by atoms with van der Waals surface area (Å²) in [6.07, 6.45) is 5.72. The first-order valence-corrected chi connectivity index (χ1v) is 13.5. The molecule has 13 heteroatoms. The van der Waals surface area contributed by atoms with Crippen molar-refractivity contribution >= 4 is 50.4 Å². The second-order valence-electron chi connectivity index (χ2n) is 9.87. The van der Waals surface area contributed by atoms with E-state index in [2.05, 4.69) is 41.3 Å². The summed E-state index contributed by atoms with van der Waals surface area (Å²) in [5.41, 5.74) is 7.74. The highest BCUT2D eigenvalue weighted by atomic mass is 79.9. The number of ether oxygens (including phenoxy) is 1. The van der Waals surface area contributed by atoms with Crippen LogP contribution in [0.4, 0.5) is 5.82 Å². The number of fused-ring (bicyclic) bond motifs is 3. The number of methoxy groups -OCH3 is 1. The number of pyridine rings is 1. The van der Waals surface area contributed by atoms with Gasteiger partial charge >= 0.3 is 6.01 Å². The van der Waals surface area contributed by atoms with Crippen molar-refractivity contribution in [3.63, 3.8) is 0 Å². The number of primary amides is 1. The smallest absolute Gasteiger partial charge is 0.316 e. The highest BCUT2D eigenvalue weighted by Gasteiger charge is 2.51. The Hall–Kier alpha value is -4.39. The van der Waals surface area contributed by atoms with Crippen LogP contribution in [0.5, 0.6) is 6.01 Å². The van der Waals surface area contributed by atoms with E-state index in [0.717, 1.165) is 24.8 Å². The summed E-state index contributed by atoms with van der Waals surface area (Å²) in [6.45, 7) is -0.142. The lowest BCUT2D eigenvalue weighted by molar-refractivity contribution is -0.141. The number of aromatic nitrogens is 5. The summed E-state index contributed by atoms with van der Waals surface area (Å²) in [4.78, 5) is 53.6. The zero-order valence-electron chi connectivity index (χ0n) is 21.5. The normalized spacial score (nSPS) is 19.6. The fourth-order valence-corrected chi connectivity index (χ4v) is 6.15. The van der Waals surface area contributed by atoms with Crippen molar-refractivity contribution in [3.05, 3.63) is 59.1 Å². The lowest BCUT2D eigenvalue weighted by Gasteiger charge is -2.34. The molecule has 1 aliphatic carbocycles. The Bertz CT molecular complexity index is 1640. The number of carbonyl (C=O) groups is 3. The van der Waals surface area contributed by atoms with Gasteiger partial charge in [-0.1, -0.05) is 12.1 Å². The molecule has 204 valence electrons. The molecule has 1 saturated carbocycles. The standard InChI is InChI=1S/C27H25BrN8O4/c1-40-27-30-11-16(12-31-27)14-6-8-19-18(10-14)23(25(29)38)34-35(19)13-22(37)36-17-7-5-15(9-17)24(36)26(39)33-21-4-2-3-20(28)32-21/h2-4,6,8,10-12,15,17,24H,5,7,9,13H2,1H3,(H2,29,38)(H,32,33,39)/t15-,17+,24-/m0/s1. The van der Waals surface area contributed by atoms with Gasteiger partial charge in [-0.3, -0.25) is 19.1 Å². The zero-order valence-corrected chi connectivity index (χ0v) is 23.0. The first-order valence-electron chi connectivity index (χ1n) is 12.7. The van der Waals surface area contributed by atoms with Crippen molar-refractivity contribution in [2.24, 2.45) is 11.7 Å². The predicted molar refractivity (Wildman–Crippen MR) is 148 cm³/mol. The largest absolute Gasteiger partial charge is 0.467 e. The van der Waals surface area contributed by atoms with Crippen LogP contribution >= 0.6 is 15.9 Å². The highest BCUT2D eigenvalue weighted by molar-refractivity contribution is 9.10. The van der Waals surface area contributed by atoms with E-state index in [1.165, 1.54) is 11.8 Å². The minimum atomic E-state index is -0.710. The SMILES string of the molecule is COc1ncc(-c2ccc3c(c2)c(C(N)=O)nn3CC(=O)N2[C@@H]3CC[C@@H](C3)[C@H]2C(=O)Nc2cccc(Br)n2)cn1. The van der Waals surface area contributed by atoms with E-state index < -0.39 is 11.9 Å². The summed E-state index contributed by atoms with van der Waals surface area (Å²) in [5.74, 6) is -0.732. The van der Waals surface area contributed by atoms with Gasteiger partial charge in [-0.05, 0) is 70.9 Å². The number of piperidine rings is 1. The monoisotopic (exact) mass is 604 g/mol. The third-order valence-corrected chi connectivity index (χ3v) is 7.96. The molecule has 1 aromatic carbocycles. The minimum Gasteiger partial charge on any atom is -0.467 e. The maximum atomic E-state index is 13.7. The number of likely N-dealkylation sites (tertiary alicyclic amines) is 1. The van der Waals surface area contributed by atoms with Crippen LogP contribution in [0.2, 0.25) is 0 Å². The van der Waals surface area contributed by atoms with Gasteiger partial charge in [0.25, 0.3) is 5.91 Å². The number of nitrogens with zero attached hydrogens (tertiary/aromatic N) is 6. The second-order valence-corrected chi connectivity index (χ2v) is 10.7. The maximum absolute atomic E-state index is 13.7. The zero-order chi connectivity index (χ0) is 28.0. The summed E-state index contributed by atoms with van der Waals surface area (Å²) >= 11 is 3.31. The maximum Gasteiger partial charge on any atom is 0.316 e. The van der Waals surface area contributed by atoms with Gasteiger partial charge in [-0.2, -0.15) is 5.10 Å². The van der Waals surface area contributed by atoms with Crippen molar-refractivity contribution in [2.45, 2.75) is 37.9 Å². The Labute approximate surface area is 237 Å². The first-order chi connectivity index (χ1) is 19.3. The van der Waals surface area contributed by atoms with Crippen molar-refractivity contribution in [1.29, 1.82) is 0 Å². The second kappa shape index (κ2) is 10.3. The predicted octanol–water partition coefficient (Wildman–Crippen LogP) is 2.78. The molecular formula is C27H25BrN8O4. The van der Waals surface area contributed by atoms with Crippen molar-refractivity contribution < 1.29 is 19.1 Å². The van der Waals surface area contributed by atoms with Gasteiger partial charge in [0.1, 0.15) is 23.0 Å². The number of benzene rings is 1. The van der Waals surface area contributed by atoms with Gasteiger partial charge < -0.3 is 20.7 Å². The Morgan fingerprint density at radius 1 is 1.12 bits per heavy atom. The summed E-state index contributed by atoms with van der Waals surface area (Å²) in [5, 5.41) is 7.77. The molecule has 3 N–H and O–H groups in total. The molecule has 3 amide bonds. The minimum absolute atomic E-state index is 0.0252. The van der Waals surface area contributed by atoms with E-state index in [9.17, 15) is 14.4 Å². The van der Waals surface area contributed by atoms with E-state index in [0.29, 0.717) is 26.9 Å². The van der Waals surface area contributed by atoms with Crippen LogP contribution in [0.3, 0.4) is 0 Å². The quantitative estimate of drug-likeness (QED) is 0.305. The lowest BCUT2D eigenvalue weighted by atomic mass is 9.97. The lowest BCUT2D eigenvalue weighted by Crippen LogP contribution is -2.52. The van der Waals surface area contributed by atoms with Gasteiger partial charge in [0.15, 0.2) is 5.69 Å². The topological polar surface area (TPSA) is 158 Å². The average molecular weight is 605 g/mol. The van der Waals surface area contributed by atoms with Crippen molar-refractivity contribution in [2.75, 3.05) is 12.4 Å². The fourth-order valence-electron chi connectivity index (χ4n) is 5.80. The first kappa shape index (κ1) is 25.9. The molecule has 2 bridgehead atoms. The molecule has 3 aromatic heterocycles. The Balaban J connectivity index is 1.28. The molecule has 0 unspecified atom stereocenters. The number of nitrogens with two attached hydrogens (primary N) is 1. The Kier molecular flexibility index (Phi) is 6.66. The van der Waals surface area contributed by atoms with Gasteiger partial charge in [0, 0.05) is 29.4 Å². The molecule has 4 aromatic rings. The van der Waals surface area contributed by atoms with Crippen molar-refractivity contribution in [3.8, 4) is 17.1 Å². The van der Waals surface area contributed by atoms with Crippen LogP contribution < -0.4 is 15.8 Å². The molecule has 6 rings (SSSR count).